The highest BCUT2D eigenvalue weighted by Gasteiger charge is 2.08. The van der Waals surface area contributed by atoms with E-state index in [1.54, 1.807) is 6.07 Å². The molecule has 0 bridgehead atoms. The van der Waals surface area contributed by atoms with E-state index < -0.39 is 0 Å². The maximum Gasteiger partial charge on any atom is 0.120 e. The van der Waals surface area contributed by atoms with Gasteiger partial charge in [-0.15, -0.1) is 0 Å². The lowest BCUT2D eigenvalue weighted by atomic mass is 9.99. The van der Waals surface area contributed by atoms with Gasteiger partial charge in [-0.3, -0.25) is 0 Å². The topological polar surface area (TPSA) is 59.0 Å². The van der Waals surface area contributed by atoms with E-state index in [1.165, 1.54) is 0 Å². The second-order valence-corrected chi connectivity index (χ2v) is 5.18. The third-order valence-corrected chi connectivity index (χ3v) is 3.60. The lowest BCUT2D eigenvalue weighted by Crippen LogP contribution is -1.96. The molecule has 0 fully saturated rings. The molecular weight excluding hydrogens is 284 g/mol. The Morgan fingerprint density at radius 2 is 1.70 bits per heavy atom. The first-order valence-corrected chi connectivity index (χ1v) is 7.33. The first-order chi connectivity index (χ1) is 11.3. The summed E-state index contributed by atoms with van der Waals surface area (Å²) in [5.74, 6) is 0.762. The SMILES string of the molecule is N#Cc1c(N)cccc1-c1cccc(OCc2ccccc2)c1. The maximum absolute atomic E-state index is 9.32. The predicted octanol–water partition coefficient (Wildman–Crippen LogP) is 4.39. The number of benzene rings is 3. The molecule has 0 aliphatic heterocycles. The first kappa shape index (κ1) is 14.7. The minimum atomic E-state index is 0.487. The molecule has 3 aromatic rings. The van der Waals surface area contributed by atoms with E-state index in [9.17, 15) is 5.26 Å². The highest BCUT2D eigenvalue weighted by atomic mass is 16.5. The third-order valence-electron chi connectivity index (χ3n) is 3.60. The van der Waals surface area contributed by atoms with Crippen molar-refractivity contribution in [3.05, 3.63) is 83.9 Å². The highest BCUT2D eigenvalue weighted by Crippen LogP contribution is 2.29. The molecule has 0 amide bonds. The fourth-order valence-corrected chi connectivity index (χ4v) is 2.43. The van der Waals surface area contributed by atoms with Crippen molar-refractivity contribution >= 4 is 5.69 Å². The fraction of sp³-hybridized carbons (Fsp3) is 0.0500. The molecule has 23 heavy (non-hydrogen) atoms. The van der Waals surface area contributed by atoms with E-state index >= 15 is 0 Å². The summed E-state index contributed by atoms with van der Waals surface area (Å²) in [5.41, 5.74) is 9.71. The summed E-state index contributed by atoms with van der Waals surface area (Å²) in [6, 6.07) is 25.4. The Morgan fingerprint density at radius 1 is 0.913 bits per heavy atom. The minimum absolute atomic E-state index is 0.487. The van der Waals surface area contributed by atoms with Gasteiger partial charge in [0.1, 0.15) is 18.4 Å². The van der Waals surface area contributed by atoms with Crippen LogP contribution in [0.1, 0.15) is 11.1 Å². The number of nitrogens with two attached hydrogens (primary N) is 1. The summed E-state index contributed by atoms with van der Waals surface area (Å²) < 4.78 is 5.84. The molecule has 0 saturated heterocycles. The lowest BCUT2D eigenvalue weighted by Gasteiger charge is -2.10. The van der Waals surface area contributed by atoms with Gasteiger partial charge in [-0.1, -0.05) is 54.6 Å². The molecule has 0 radical (unpaired) electrons. The van der Waals surface area contributed by atoms with Crippen LogP contribution < -0.4 is 10.5 Å². The van der Waals surface area contributed by atoms with Crippen LogP contribution in [0, 0.1) is 11.3 Å². The van der Waals surface area contributed by atoms with Crippen molar-refractivity contribution in [2.75, 3.05) is 5.73 Å². The number of nitrogens with zero attached hydrogens (tertiary/aromatic N) is 1. The van der Waals surface area contributed by atoms with Gasteiger partial charge in [0.25, 0.3) is 0 Å². The van der Waals surface area contributed by atoms with Crippen LogP contribution >= 0.6 is 0 Å². The number of ether oxygens (including phenoxy) is 1. The van der Waals surface area contributed by atoms with Gasteiger partial charge >= 0.3 is 0 Å². The Bertz CT molecular complexity index is 851. The van der Waals surface area contributed by atoms with Crippen molar-refractivity contribution in [3.8, 4) is 22.9 Å². The molecular formula is C20H16N2O. The molecule has 3 rings (SSSR count). The summed E-state index contributed by atoms with van der Waals surface area (Å²) in [6.45, 7) is 0.506. The van der Waals surface area contributed by atoms with Crippen molar-refractivity contribution < 1.29 is 4.74 Å². The number of nitriles is 1. The molecule has 112 valence electrons. The Balaban J connectivity index is 1.86. The Kier molecular flexibility index (Phi) is 4.26. The van der Waals surface area contributed by atoms with Crippen LogP contribution in [-0.4, -0.2) is 0 Å². The van der Waals surface area contributed by atoms with Crippen LogP contribution in [0.2, 0.25) is 0 Å². The fourth-order valence-electron chi connectivity index (χ4n) is 2.43. The molecule has 0 aromatic heterocycles. The quantitative estimate of drug-likeness (QED) is 0.727. The van der Waals surface area contributed by atoms with E-state index in [0.29, 0.717) is 17.9 Å². The number of hydrogen-bond acceptors (Lipinski definition) is 3. The Morgan fingerprint density at radius 3 is 2.48 bits per heavy atom. The smallest absolute Gasteiger partial charge is 0.120 e. The number of rotatable bonds is 4. The molecule has 2 N–H and O–H groups in total. The lowest BCUT2D eigenvalue weighted by molar-refractivity contribution is 0.306. The van der Waals surface area contributed by atoms with Gasteiger partial charge in [-0.05, 0) is 29.3 Å². The van der Waals surface area contributed by atoms with Gasteiger partial charge in [-0.25, -0.2) is 0 Å². The Labute approximate surface area is 135 Å². The molecule has 0 unspecified atom stereocenters. The molecule has 0 spiro atoms. The second-order valence-electron chi connectivity index (χ2n) is 5.18. The zero-order chi connectivity index (χ0) is 16.1. The van der Waals surface area contributed by atoms with E-state index in [-0.39, 0.29) is 0 Å². The average molecular weight is 300 g/mol. The summed E-state index contributed by atoms with van der Waals surface area (Å²) in [5, 5.41) is 9.32. The van der Waals surface area contributed by atoms with Crippen LogP contribution in [0.5, 0.6) is 5.75 Å². The number of hydrogen-bond donors (Lipinski definition) is 1. The maximum atomic E-state index is 9.32. The first-order valence-electron chi connectivity index (χ1n) is 7.33. The zero-order valence-electron chi connectivity index (χ0n) is 12.6. The van der Waals surface area contributed by atoms with Crippen molar-refractivity contribution in [2.45, 2.75) is 6.61 Å². The summed E-state index contributed by atoms with van der Waals surface area (Å²) >= 11 is 0. The molecule has 3 heteroatoms. The molecule has 0 aliphatic carbocycles. The molecule has 0 atom stereocenters. The van der Waals surface area contributed by atoms with E-state index in [1.807, 2.05) is 66.7 Å². The standard InChI is InChI=1S/C20H16N2O/c21-13-19-18(10-5-11-20(19)22)16-8-4-9-17(12-16)23-14-15-6-2-1-3-7-15/h1-12H,14,22H2. The normalized spacial score (nSPS) is 10.0. The van der Waals surface area contributed by atoms with Crippen LogP contribution in [0.15, 0.2) is 72.8 Å². The van der Waals surface area contributed by atoms with E-state index in [4.69, 9.17) is 10.5 Å². The van der Waals surface area contributed by atoms with Gasteiger partial charge in [0.15, 0.2) is 0 Å². The number of nitrogen functional groups attached to an aromatic ring is 1. The van der Waals surface area contributed by atoms with E-state index in [2.05, 4.69) is 6.07 Å². The minimum Gasteiger partial charge on any atom is -0.489 e. The van der Waals surface area contributed by atoms with Crippen LogP contribution in [0.25, 0.3) is 11.1 Å². The molecule has 3 aromatic carbocycles. The molecule has 0 aliphatic rings. The average Bonchev–Trinajstić information content (AvgIpc) is 2.61. The van der Waals surface area contributed by atoms with Gasteiger partial charge in [0.05, 0.1) is 11.3 Å². The van der Waals surface area contributed by atoms with Gasteiger partial charge < -0.3 is 10.5 Å². The van der Waals surface area contributed by atoms with Crippen molar-refractivity contribution in [3.63, 3.8) is 0 Å². The number of anilines is 1. The van der Waals surface area contributed by atoms with Crippen molar-refractivity contribution in [2.24, 2.45) is 0 Å². The van der Waals surface area contributed by atoms with Crippen LogP contribution in [0.4, 0.5) is 5.69 Å². The van der Waals surface area contributed by atoms with Gasteiger partial charge in [0.2, 0.25) is 0 Å². The van der Waals surface area contributed by atoms with Crippen molar-refractivity contribution in [1.82, 2.24) is 0 Å². The highest BCUT2D eigenvalue weighted by molar-refractivity contribution is 5.77. The monoisotopic (exact) mass is 300 g/mol. The van der Waals surface area contributed by atoms with Crippen LogP contribution in [-0.2, 0) is 6.61 Å². The predicted molar refractivity (Wildman–Crippen MR) is 91.8 cm³/mol. The van der Waals surface area contributed by atoms with Gasteiger partial charge in [-0.2, -0.15) is 5.26 Å². The van der Waals surface area contributed by atoms with E-state index in [0.717, 1.165) is 22.4 Å². The van der Waals surface area contributed by atoms with Gasteiger partial charge in [0, 0.05) is 5.56 Å². The zero-order valence-corrected chi connectivity index (χ0v) is 12.6. The van der Waals surface area contributed by atoms with Crippen LogP contribution in [0.3, 0.4) is 0 Å². The summed E-state index contributed by atoms with van der Waals surface area (Å²) in [6.07, 6.45) is 0. The second kappa shape index (κ2) is 6.67. The molecule has 3 nitrogen and oxygen atoms in total. The molecule has 0 heterocycles. The molecule has 0 saturated carbocycles. The summed E-state index contributed by atoms with van der Waals surface area (Å²) in [4.78, 5) is 0. The largest absolute Gasteiger partial charge is 0.489 e. The third kappa shape index (κ3) is 3.33. The van der Waals surface area contributed by atoms with Crippen molar-refractivity contribution in [1.29, 1.82) is 5.26 Å². The summed E-state index contributed by atoms with van der Waals surface area (Å²) in [7, 11) is 0. The Hall–Kier alpha value is -3.25.